The third kappa shape index (κ3) is 14.0. The van der Waals surface area contributed by atoms with Gasteiger partial charge in [-0.1, -0.05) is 43.2 Å². The Morgan fingerprint density at radius 1 is 0.894 bits per heavy atom. The third-order valence-corrected chi connectivity index (χ3v) is 13.6. The highest BCUT2D eigenvalue weighted by atomic mass is 32.2. The van der Waals surface area contributed by atoms with E-state index in [0.29, 0.717) is 62.1 Å². The minimum absolute atomic E-state index is 0.0405. The molecular weight excluding hydrogens is 869 g/mol. The molecule has 5 atom stereocenters. The van der Waals surface area contributed by atoms with Gasteiger partial charge in [0.15, 0.2) is 0 Å². The Morgan fingerprint density at radius 3 is 2.36 bits per heavy atom. The molecule has 1 saturated heterocycles. The van der Waals surface area contributed by atoms with Crippen molar-refractivity contribution < 1.29 is 51.4 Å². The fraction of sp³-hybridized carbons (Fsp3) is 0.604. The number of alkyl carbamates (subject to hydrolysis) is 1. The minimum atomic E-state index is -3.94. The van der Waals surface area contributed by atoms with E-state index in [9.17, 15) is 37.2 Å². The number of unbranched alkanes of at least 4 members (excludes halogenated alkanes) is 2. The van der Waals surface area contributed by atoms with Crippen molar-refractivity contribution in [3.05, 3.63) is 60.3 Å². The van der Waals surface area contributed by atoms with Crippen molar-refractivity contribution in [3.8, 4) is 17.0 Å². The number of pyridine rings is 1. The first-order chi connectivity index (χ1) is 31.1. The molecule has 1 aromatic carbocycles. The summed E-state index contributed by atoms with van der Waals surface area (Å²) < 4.78 is 44.8. The number of sulfonamides is 1. The number of rotatable bonds is 14. The molecular formula is C48H66N6O11S. The maximum atomic E-state index is 14.5. The topological polar surface area (TPSA) is 228 Å². The van der Waals surface area contributed by atoms with Gasteiger partial charge in [-0.3, -0.25) is 28.7 Å². The second-order valence-electron chi connectivity index (χ2n) is 19.8. The normalized spacial score (nSPS) is 23.8. The van der Waals surface area contributed by atoms with Gasteiger partial charge in [-0.2, -0.15) is 0 Å². The molecule has 4 aliphatic rings. The highest BCUT2D eigenvalue weighted by Crippen LogP contribution is 2.46. The molecule has 2 aliphatic heterocycles. The zero-order valence-corrected chi connectivity index (χ0v) is 39.8. The molecule has 0 radical (unpaired) electrons. The molecule has 0 spiro atoms. The van der Waals surface area contributed by atoms with Crippen LogP contribution in [0.15, 0.2) is 54.6 Å². The van der Waals surface area contributed by atoms with Gasteiger partial charge in [0.25, 0.3) is 11.8 Å². The zero-order chi connectivity index (χ0) is 47.9. The fourth-order valence-corrected chi connectivity index (χ4v) is 9.58. The van der Waals surface area contributed by atoms with Gasteiger partial charge in [0.1, 0.15) is 40.3 Å². The summed E-state index contributed by atoms with van der Waals surface area (Å²) in [5.41, 5.74) is -1.61. The van der Waals surface area contributed by atoms with Gasteiger partial charge in [0.05, 0.1) is 17.6 Å². The molecule has 3 heterocycles. The lowest BCUT2D eigenvalue weighted by Gasteiger charge is -2.30. The Bertz CT molecular complexity index is 2270. The van der Waals surface area contributed by atoms with Crippen LogP contribution in [0.5, 0.6) is 5.75 Å². The second kappa shape index (κ2) is 21.0. The van der Waals surface area contributed by atoms with Crippen molar-refractivity contribution >= 4 is 45.7 Å². The van der Waals surface area contributed by atoms with E-state index in [0.717, 1.165) is 25.7 Å². The lowest BCUT2D eigenvalue weighted by atomic mass is 10.0. The summed E-state index contributed by atoms with van der Waals surface area (Å²) in [6.07, 6.45) is 9.53. The molecule has 2 aromatic rings. The van der Waals surface area contributed by atoms with Crippen LogP contribution < -0.4 is 25.4 Å². The molecule has 1 aromatic heterocycles. The Kier molecular flexibility index (Phi) is 15.9. The quantitative estimate of drug-likeness (QED) is 0.103. The average Bonchev–Trinajstić information content (AvgIpc) is 4.16. The van der Waals surface area contributed by atoms with Gasteiger partial charge in [0, 0.05) is 30.5 Å². The Hall–Kier alpha value is -5.52. The molecule has 6 rings (SSSR count). The number of amides is 5. The first kappa shape index (κ1) is 49.9. The van der Waals surface area contributed by atoms with Crippen molar-refractivity contribution in [3.63, 3.8) is 0 Å². The fourth-order valence-electron chi connectivity index (χ4n) is 8.21. The highest BCUT2D eigenvalue weighted by Gasteiger charge is 2.62. The van der Waals surface area contributed by atoms with E-state index < -0.39 is 85.8 Å². The van der Waals surface area contributed by atoms with E-state index in [2.05, 4.69) is 25.7 Å². The number of hydrogen-bond acceptors (Lipinski definition) is 12. The molecule has 3 fully saturated rings. The summed E-state index contributed by atoms with van der Waals surface area (Å²) in [4.78, 5) is 87.7. The van der Waals surface area contributed by atoms with Crippen molar-refractivity contribution in [2.24, 2.45) is 5.92 Å². The van der Waals surface area contributed by atoms with Crippen LogP contribution in [0.25, 0.3) is 11.3 Å². The largest absolute Gasteiger partial charge is 0.494 e. The first-order valence-electron chi connectivity index (χ1n) is 23.2. The van der Waals surface area contributed by atoms with Crippen molar-refractivity contribution in [2.45, 2.75) is 165 Å². The molecule has 17 nitrogen and oxygen atoms in total. The number of benzene rings is 1. The Morgan fingerprint density at radius 2 is 1.64 bits per heavy atom. The van der Waals surface area contributed by atoms with Crippen LogP contribution in [0, 0.1) is 5.92 Å². The maximum Gasteiger partial charge on any atom is 0.408 e. The number of allylic oxidation sites excluding steroid dienone is 1. The summed E-state index contributed by atoms with van der Waals surface area (Å²) in [6, 6.07) is 9.34. The summed E-state index contributed by atoms with van der Waals surface area (Å²) in [6.45, 7) is 11.0. The molecule has 18 heteroatoms. The number of aromatic nitrogens is 1. The van der Waals surface area contributed by atoms with Gasteiger partial charge in [-0.15, -0.1) is 0 Å². The van der Waals surface area contributed by atoms with Gasteiger partial charge >= 0.3 is 12.1 Å². The SMILES string of the molecule is CC(C)(C)OC(=O)CCCCCOc1cccc(-c2cccc(C(=O)N[C@@H]3C[C@H]4C(=O)N[C@]5(C(=O)NS(=O)(=O)C6CC6)C[C@H]5C=CCCCCC[C@H](NC(=O)OC(C)(C)C)C(=O)N4C3)n2)c1. The summed E-state index contributed by atoms with van der Waals surface area (Å²) >= 11 is 0. The predicted molar refractivity (Wildman–Crippen MR) is 245 cm³/mol. The van der Waals surface area contributed by atoms with Crippen LogP contribution in [0.3, 0.4) is 0 Å². The van der Waals surface area contributed by atoms with E-state index in [4.69, 9.17) is 14.2 Å². The maximum absolute atomic E-state index is 14.5. The minimum Gasteiger partial charge on any atom is -0.494 e. The average molecular weight is 935 g/mol. The summed E-state index contributed by atoms with van der Waals surface area (Å²) in [5.74, 6) is -2.71. The zero-order valence-electron chi connectivity index (χ0n) is 39.0. The monoisotopic (exact) mass is 934 g/mol. The van der Waals surface area contributed by atoms with Gasteiger partial charge in [-0.05, 0) is 130 Å². The standard InChI is InChI=1S/C48H66N6O11S/c1-46(2,3)64-40(55)23-13-10-14-26-63-34-19-15-17-31(27-34)36-21-16-22-37(50-36)41(56)49-33-28-39-42(57)52-48(44(59)53-66(61,62)35-24-25-35)29-32(48)18-11-8-7-9-12-20-38(43(58)54(39)30-33)51-45(60)65-47(4,5)6/h11,15-19,21-22,27,32-33,35,38-39H,7-10,12-14,20,23-26,28-30H2,1-6H3,(H,49,56)(H,51,60)(H,52,57)(H,53,59)/t32-,33-,38+,39+,48-/m1/s1. The Balaban J connectivity index is 1.16. The summed E-state index contributed by atoms with van der Waals surface area (Å²) in [7, 11) is -3.94. The summed E-state index contributed by atoms with van der Waals surface area (Å²) in [5, 5.41) is 7.84. The molecule has 2 aliphatic carbocycles. The van der Waals surface area contributed by atoms with Crippen molar-refractivity contribution in [1.29, 1.82) is 0 Å². The second-order valence-corrected chi connectivity index (χ2v) is 21.8. The van der Waals surface area contributed by atoms with Crippen LogP contribution in [-0.2, 0) is 38.7 Å². The number of hydrogen-bond donors (Lipinski definition) is 4. The highest BCUT2D eigenvalue weighted by molar-refractivity contribution is 7.91. The molecule has 4 N–H and O–H groups in total. The van der Waals surface area contributed by atoms with Crippen LogP contribution in [-0.4, -0.2) is 107 Å². The lowest BCUT2D eigenvalue weighted by molar-refractivity contribution is -0.155. The molecule has 0 unspecified atom stereocenters. The Labute approximate surface area is 388 Å². The number of nitrogens with zero attached hydrogens (tertiary/aromatic N) is 2. The van der Waals surface area contributed by atoms with E-state index >= 15 is 0 Å². The molecule has 66 heavy (non-hydrogen) atoms. The number of carbonyl (C=O) groups is 6. The molecule has 360 valence electrons. The number of fused-ring (bicyclic) bond motifs is 2. The lowest BCUT2D eigenvalue weighted by Crippen LogP contribution is -2.58. The van der Waals surface area contributed by atoms with Gasteiger partial charge < -0.3 is 35.1 Å². The van der Waals surface area contributed by atoms with Crippen LogP contribution in [0.2, 0.25) is 0 Å². The number of ether oxygens (including phenoxy) is 3. The number of nitrogens with one attached hydrogen (secondary N) is 4. The number of esters is 1. The molecule has 2 saturated carbocycles. The van der Waals surface area contributed by atoms with Crippen molar-refractivity contribution in [2.75, 3.05) is 13.2 Å². The molecule has 5 amide bonds. The van der Waals surface area contributed by atoms with E-state index in [1.165, 1.54) is 4.90 Å². The third-order valence-electron chi connectivity index (χ3n) is 11.7. The van der Waals surface area contributed by atoms with E-state index in [-0.39, 0.29) is 37.5 Å². The number of carbonyl (C=O) groups excluding carboxylic acids is 6. The van der Waals surface area contributed by atoms with E-state index in [1.807, 2.05) is 57.2 Å². The van der Waals surface area contributed by atoms with Crippen LogP contribution >= 0.6 is 0 Å². The van der Waals surface area contributed by atoms with Crippen LogP contribution in [0.4, 0.5) is 4.79 Å². The van der Waals surface area contributed by atoms with Gasteiger partial charge in [0.2, 0.25) is 21.8 Å². The smallest absolute Gasteiger partial charge is 0.408 e. The first-order valence-corrected chi connectivity index (χ1v) is 24.7. The predicted octanol–water partition coefficient (Wildman–Crippen LogP) is 5.63. The van der Waals surface area contributed by atoms with Crippen LogP contribution in [0.1, 0.15) is 136 Å². The van der Waals surface area contributed by atoms with Gasteiger partial charge in [-0.25, -0.2) is 18.2 Å². The van der Waals surface area contributed by atoms with E-state index in [1.54, 1.807) is 39.0 Å². The van der Waals surface area contributed by atoms with Crippen molar-refractivity contribution in [1.82, 2.24) is 30.6 Å². The molecule has 0 bridgehead atoms.